The molecule has 2 aromatic carbocycles. The highest BCUT2D eigenvalue weighted by molar-refractivity contribution is 6.29. The highest BCUT2D eigenvalue weighted by Crippen LogP contribution is 2.29. The van der Waals surface area contributed by atoms with Crippen molar-refractivity contribution < 1.29 is 4.74 Å². The van der Waals surface area contributed by atoms with E-state index in [0.29, 0.717) is 16.9 Å². The standard InChI is InChI=1S/C17H15ClN2O/c1-2-6-16-19-15(18)11-17(20-16)21-14-10-5-8-12-7-3-4-9-13(12)14/h3-5,7-11H,2,6H2,1H3. The van der Waals surface area contributed by atoms with E-state index >= 15 is 0 Å². The highest BCUT2D eigenvalue weighted by Gasteiger charge is 2.07. The number of benzene rings is 2. The first-order valence-corrected chi connectivity index (χ1v) is 7.33. The Hall–Kier alpha value is -2.13. The van der Waals surface area contributed by atoms with Gasteiger partial charge in [0.15, 0.2) is 0 Å². The van der Waals surface area contributed by atoms with E-state index in [1.807, 2.05) is 30.3 Å². The average Bonchev–Trinajstić information content (AvgIpc) is 2.47. The number of aromatic nitrogens is 2. The summed E-state index contributed by atoms with van der Waals surface area (Å²) in [5.74, 6) is 1.96. The quantitative estimate of drug-likeness (QED) is 0.634. The Balaban J connectivity index is 1.98. The molecule has 0 aliphatic rings. The second kappa shape index (κ2) is 6.10. The van der Waals surface area contributed by atoms with Crippen molar-refractivity contribution in [1.82, 2.24) is 9.97 Å². The smallest absolute Gasteiger partial charge is 0.224 e. The van der Waals surface area contributed by atoms with Crippen LogP contribution in [0.4, 0.5) is 0 Å². The molecule has 0 saturated carbocycles. The van der Waals surface area contributed by atoms with E-state index in [4.69, 9.17) is 16.3 Å². The summed E-state index contributed by atoms with van der Waals surface area (Å²) in [6.45, 7) is 2.08. The van der Waals surface area contributed by atoms with Crippen LogP contribution in [0.5, 0.6) is 11.6 Å². The van der Waals surface area contributed by atoms with Crippen LogP contribution >= 0.6 is 11.6 Å². The summed E-state index contributed by atoms with van der Waals surface area (Å²) in [6, 6.07) is 15.7. The lowest BCUT2D eigenvalue weighted by atomic mass is 10.1. The third-order valence-electron chi connectivity index (χ3n) is 3.16. The van der Waals surface area contributed by atoms with Gasteiger partial charge in [-0.2, -0.15) is 4.98 Å². The van der Waals surface area contributed by atoms with Crippen LogP contribution in [0.2, 0.25) is 5.15 Å². The molecule has 0 amide bonds. The lowest BCUT2D eigenvalue weighted by Crippen LogP contribution is -1.97. The zero-order chi connectivity index (χ0) is 14.7. The molecular weight excluding hydrogens is 284 g/mol. The maximum atomic E-state index is 6.04. The second-order valence-corrected chi connectivity index (χ2v) is 5.16. The Morgan fingerprint density at radius 1 is 1.05 bits per heavy atom. The van der Waals surface area contributed by atoms with Gasteiger partial charge in [-0.15, -0.1) is 0 Å². The van der Waals surface area contributed by atoms with Crippen molar-refractivity contribution in [3.63, 3.8) is 0 Å². The minimum atomic E-state index is 0.406. The van der Waals surface area contributed by atoms with E-state index < -0.39 is 0 Å². The minimum Gasteiger partial charge on any atom is -0.438 e. The molecule has 21 heavy (non-hydrogen) atoms. The number of hydrogen-bond acceptors (Lipinski definition) is 3. The monoisotopic (exact) mass is 298 g/mol. The van der Waals surface area contributed by atoms with Crippen LogP contribution in [0, 0.1) is 0 Å². The molecule has 0 saturated heterocycles. The number of halogens is 1. The number of hydrogen-bond donors (Lipinski definition) is 0. The van der Waals surface area contributed by atoms with Gasteiger partial charge >= 0.3 is 0 Å². The normalized spacial score (nSPS) is 10.8. The van der Waals surface area contributed by atoms with Crippen molar-refractivity contribution in [3.05, 3.63) is 59.5 Å². The largest absolute Gasteiger partial charge is 0.438 e. The Kier molecular flexibility index (Phi) is 4.02. The van der Waals surface area contributed by atoms with Crippen LogP contribution in [-0.4, -0.2) is 9.97 Å². The van der Waals surface area contributed by atoms with Crippen molar-refractivity contribution in [2.45, 2.75) is 19.8 Å². The molecule has 3 nitrogen and oxygen atoms in total. The van der Waals surface area contributed by atoms with Crippen LogP contribution in [-0.2, 0) is 6.42 Å². The molecule has 4 heteroatoms. The molecule has 0 N–H and O–H groups in total. The molecule has 1 aromatic heterocycles. The van der Waals surface area contributed by atoms with Crippen molar-refractivity contribution in [2.75, 3.05) is 0 Å². The van der Waals surface area contributed by atoms with Gasteiger partial charge in [0.25, 0.3) is 0 Å². The van der Waals surface area contributed by atoms with Gasteiger partial charge in [-0.1, -0.05) is 54.9 Å². The number of nitrogens with zero attached hydrogens (tertiary/aromatic N) is 2. The predicted molar refractivity (Wildman–Crippen MR) is 85.1 cm³/mol. The van der Waals surface area contributed by atoms with E-state index in [1.54, 1.807) is 6.07 Å². The third kappa shape index (κ3) is 3.14. The molecular formula is C17H15ClN2O. The molecule has 0 atom stereocenters. The summed E-state index contributed by atoms with van der Waals surface area (Å²) in [5, 5.41) is 2.58. The lowest BCUT2D eigenvalue weighted by Gasteiger charge is -2.09. The Morgan fingerprint density at radius 3 is 2.71 bits per heavy atom. The maximum absolute atomic E-state index is 6.04. The highest BCUT2D eigenvalue weighted by atomic mass is 35.5. The fraction of sp³-hybridized carbons (Fsp3) is 0.176. The molecule has 0 aliphatic heterocycles. The van der Waals surface area contributed by atoms with E-state index in [0.717, 1.165) is 29.4 Å². The van der Waals surface area contributed by atoms with Crippen molar-refractivity contribution >= 4 is 22.4 Å². The summed E-state index contributed by atoms with van der Waals surface area (Å²) in [7, 11) is 0. The molecule has 0 radical (unpaired) electrons. The van der Waals surface area contributed by atoms with Crippen LogP contribution < -0.4 is 4.74 Å². The van der Waals surface area contributed by atoms with Gasteiger partial charge in [-0.3, -0.25) is 0 Å². The molecule has 0 fully saturated rings. The van der Waals surface area contributed by atoms with Gasteiger partial charge in [0.05, 0.1) is 0 Å². The molecule has 106 valence electrons. The minimum absolute atomic E-state index is 0.406. The number of rotatable bonds is 4. The van der Waals surface area contributed by atoms with E-state index in [-0.39, 0.29) is 0 Å². The molecule has 0 bridgehead atoms. The molecule has 3 rings (SSSR count). The average molecular weight is 299 g/mol. The maximum Gasteiger partial charge on any atom is 0.224 e. The Labute approximate surface area is 128 Å². The van der Waals surface area contributed by atoms with Crippen molar-refractivity contribution in [1.29, 1.82) is 0 Å². The first kappa shape index (κ1) is 13.8. The topological polar surface area (TPSA) is 35.0 Å². The first-order valence-electron chi connectivity index (χ1n) is 6.95. The Morgan fingerprint density at radius 2 is 1.86 bits per heavy atom. The summed E-state index contributed by atoms with van der Waals surface area (Å²) in [5.41, 5.74) is 0. The van der Waals surface area contributed by atoms with Gasteiger partial charge in [0.2, 0.25) is 5.88 Å². The molecule has 0 aliphatic carbocycles. The van der Waals surface area contributed by atoms with Crippen LogP contribution in [0.15, 0.2) is 48.5 Å². The van der Waals surface area contributed by atoms with Gasteiger partial charge in [-0.05, 0) is 17.9 Å². The summed E-state index contributed by atoms with van der Waals surface area (Å²) < 4.78 is 5.92. The van der Waals surface area contributed by atoms with Crippen molar-refractivity contribution in [3.8, 4) is 11.6 Å². The van der Waals surface area contributed by atoms with Crippen LogP contribution in [0.25, 0.3) is 10.8 Å². The van der Waals surface area contributed by atoms with E-state index in [9.17, 15) is 0 Å². The number of ether oxygens (including phenoxy) is 1. The lowest BCUT2D eigenvalue weighted by molar-refractivity contribution is 0.463. The zero-order valence-electron chi connectivity index (χ0n) is 11.7. The van der Waals surface area contributed by atoms with Gasteiger partial charge < -0.3 is 4.74 Å². The molecule has 0 unspecified atom stereocenters. The SMILES string of the molecule is CCCc1nc(Cl)cc(Oc2cccc3ccccc23)n1. The molecule has 3 aromatic rings. The van der Waals surface area contributed by atoms with Gasteiger partial charge in [0, 0.05) is 17.9 Å². The fourth-order valence-corrected chi connectivity index (χ4v) is 2.42. The summed E-state index contributed by atoms with van der Waals surface area (Å²) in [4.78, 5) is 8.61. The van der Waals surface area contributed by atoms with E-state index in [2.05, 4.69) is 29.0 Å². The fourth-order valence-electron chi connectivity index (χ4n) is 2.23. The number of aryl methyl sites for hydroxylation is 1. The summed E-state index contributed by atoms with van der Waals surface area (Å²) >= 11 is 6.04. The van der Waals surface area contributed by atoms with Gasteiger partial charge in [-0.25, -0.2) is 4.98 Å². The third-order valence-corrected chi connectivity index (χ3v) is 3.35. The number of fused-ring (bicyclic) bond motifs is 1. The molecule has 1 heterocycles. The zero-order valence-corrected chi connectivity index (χ0v) is 12.5. The van der Waals surface area contributed by atoms with Crippen molar-refractivity contribution in [2.24, 2.45) is 0 Å². The molecule has 0 spiro atoms. The second-order valence-electron chi connectivity index (χ2n) is 4.77. The van der Waals surface area contributed by atoms with Crippen LogP contribution in [0.3, 0.4) is 0 Å². The van der Waals surface area contributed by atoms with Crippen LogP contribution in [0.1, 0.15) is 19.2 Å². The first-order chi connectivity index (χ1) is 10.3. The van der Waals surface area contributed by atoms with E-state index in [1.165, 1.54) is 0 Å². The Bertz CT molecular complexity index is 768. The predicted octanol–water partition coefficient (Wildman–Crippen LogP) is 5.03. The summed E-state index contributed by atoms with van der Waals surface area (Å²) in [6.07, 6.45) is 1.75. The van der Waals surface area contributed by atoms with Gasteiger partial charge in [0.1, 0.15) is 16.7 Å².